The van der Waals surface area contributed by atoms with Gasteiger partial charge in [0.05, 0.1) is 0 Å². The molecular formula is C14H14F3NO3. The molecule has 2 N–H and O–H groups in total. The molecule has 0 spiro atoms. The van der Waals surface area contributed by atoms with E-state index >= 15 is 0 Å². The lowest BCUT2D eigenvalue weighted by Gasteiger charge is -2.29. The number of carbonyl (C=O) groups is 2. The summed E-state index contributed by atoms with van der Waals surface area (Å²) in [6.07, 6.45) is -4.44. The second-order valence-electron chi connectivity index (χ2n) is 5.29. The van der Waals surface area contributed by atoms with Crippen LogP contribution in [-0.2, 0) is 22.4 Å². The Labute approximate surface area is 119 Å². The molecule has 1 atom stereocenters. The first kappa shape index (κ1) is 15.3. The van der Waals surface area contributed by atoms with Crippen molar-refractivity contribution in [3.63, 3.8) is 0 Å². The summed E-state index contributed by atoms with van der Waals surface area (Å²) >= 11 is 0. The summed E-state index contributed by atoms with van der Waals surface area (Å²) in [4.78, 5) is 22.9. The van der Waals surface area contributed by atoms with Crippen LogP contribution in [0.4, 0.5) is 13.2 Å². The Hall–Kier alpha value is -2.05. The van der Waals surface area contributed by atoms with Crippen LogP contribution in [0.25, 0.3) is 0 Å². The monoisotopic (exact) mass is 301 g/mol. The van der Waals surface area contributed by atoms with Crippen molar-refractivity contribution >= 4 is 11.9 Å². The average Bonchev–Trinajstić information content (AvgIpc) is 2.80. The number of carboxylic acids is 1. The van der Waals surface area contributed by atoms with Gasteiger partial charge >= 0.3 is 12.1 Å². The van der Waals surface area contributed by atoms with Gasteiger partial charge in [-0.2, -0.15) is 13.2 Å². The number of aliphatic carboxylic acids is 1. The van der Waals surface area contributed by atoms with Crippen molar-refractivity contribution in [3.05, 3.63) is 35.4 Å². The van der Waals surface area contributed by atoms with E-state index in [9.17, 15) is 22.8 Å². The van der Waals surface area contributed by atoms with Crippen LogP contribution >= 0.6 is 0 Å². The van der Waals surface area contributed by atoms with Crippen molar-refractivity contribution in [2.75, 3.05) is 0 Å². The van der Waals surface area contributed by atoms with Gasteiger partial charge in [-0.3, -0.25) is 4.79 Å². The van der Waals surface area contributed by atoms with Crippen LogP contribution in [0.5, 0.6) is 0 Å². The lowest BCUT2D eigenvalue weighted by Crippen LogP contribution is -2.62. The topological polar surface area (TPSA) is 66.4 Å². The Morgan fingerprint density at radius 2 is 1.67 bits per heavy atom. The highest BCUT2D eigenvalue weighted by molar-refractivity contribution is 5.89. The van der Waals surface area contributed by atoms with E-state index in [1.54, 1.807) is 17.4 Å². The number of hydrogen-bond acceptors (Lipinski definition) is 2. The average molecular weight is 301 g/mol. The lowest BCUT2D eigenvalue weighted by atomic mass is 9.98. The van der Waals surface area contributed by atoms with Crippen LogP contribution in [0.15, 0.2) is 24.3 Å². The number of carboxylic acid groups (broad SMARTS) is 1. The molecule has 7 heteroatoms. The van der Waals surface area contributed by atoms with E-state index in [1.165, 1.54) is 0 Å². The smallest absolute Gasteiger partial charge is 0.422 e. The van der Waals surface area contributed by atoms with Crippen LogP contribution in [0.3, 0.4) is 0 Å². The fourth-order valence-electron chi connectivity index (χ4n) is 2.34. The molecule has 0 heterocycles. The minimum Gasteiger partial charge on any atom is -0.479 e. The fourth-order valence-corrected chi connectivity index (χ4v) is 2.34. The molecule has 1 aliphatic rings. The summed E-state index contributed by atoms with van der Waals surface area (Å²) in [6.45, 7) is 0.454. The first-order chi connectivity index (χ1) is 9.65. The molecule has 0 fully saturated rings. The maximum Gasteiger partial charge on any atom is 0.422 e. The Morgan fingerprint density at radius 3 is 2.05 bits per heavy atom. The van der Waals surface area contributed by atoms with Crippen molar-refractivity contribution in [2.24, 2.45) is 5.92 Å². The lowest BCUT2D eigenvalue weighted by molar-refractivity contribution is -0.207. The zero-order valence-corrected chi connectivity index (χ0v) is 11.2. The summed E-state index contributed by atoms with van der Waals surface area (Å²) in [5, 5.41) is 10.4. The van der Waals surface area contributed by atoms with E-state index in [2.05, 4.69) is 0 Å². The highest BCUT2D eigenvalue weighted by atomic mass is 19.4. The van der Waals surface area contributed by atoms with Crippen LogP contribution in [0, 0.1) is 5.92 Å². The highest BCUT2D eigenvalue weighted by Crippen LogP contribution is 2.32. The quantitative estimate of drug-likeness (QED) is 0.896. The van der Waals surface area contributed by atoms with E-state index in [1.807, 2.05) is 12.1 Å². The first-order valence-electron chi connectivity index (χ1n) is 6.34. The maximum absolute atomic E-state index is 12.9. The first-order valence-corrected chi connectivity index (χ1v) is 6.34. The molecule has 2 rings (SSSR count). The molecule has 1 aromatic carbocycles. The molecule has 4 nitrogen and oxygen atoms in total. The normalized spacial score (nSPS) is 17.9. The van der Waals surface area contributed by atoms with Gasteiger partial charge in [0.15, 0.2) is 0 Å². The number of hydrogen-bond donors (Lipinski definition) is 2. The number of fused-ring (bicyclic) bond motifs is 1. The van der Waals surface area contributed by atoms with Crippen LogP contribution in [0.2, 0.25) is 0 Å². The van der Waals surface area contributed by atoms with E-state index in [0.29, 0.717) is 19.8 Å². The van der Waals surface area contributed by atoms with Gasteiger partial charge in [0.2, 0.25) is 11.4 Å². The van der Waals surface area contributed by atoms with Gasteiger partial charge in [-0.15, -0.1) is 0 Å². The van der Waals surface area contributed by atoms with Gasteiger partial charge in [-0.05, 0) is 30.9 Å². The molecule has 1 unspecified atom stereocenters. The number of alkyl halides is 3. The van der Waals surface area contributed by atoms with E-state index in [-0.39, 0.29) is 0 Å². The number of rotatable bonds is 3. The Morgan fingerprint density at radius 1 is 1.19 bits per heavy atom. The van der Waals surface area contributed by atoms with Crippen LogP contribution in [0.1, 0.15) is 18.1 Å². The molecule has 0 aliphatic heterocycles. The molecule has 1 aromatic rings. The third-order valence-corrected chi connectivity index (χ3v) is 3.79. The molecule has 1 amide bonds. The summed E-state index contributed by atoms with van der Waals surface area (Å²) in [5.74, 6) is -3.70. The summed E-state index contributed by atoms with van der Waals surface area (Å²) < 4.78 is 38.6. The SMILES string of the molecule is CC(NC(=O)C1Cc2ccccc2C1)(C(=O)O)C(F)(F)F. The third-order valence-electron chi connectivity index (χ3n) is 3.79. The molecule has 21 heavy (non-hydrogen) atoms. The molecule has 0 aromatic heterocycles. The van der Waals surface area contributed by atoms with Crippen molar-refractivity contribution in [1.29, 1.82) is 0 Å². The standard InChI is InChI=1S/C14H14F3NO3/c1-13(12(20)21,14(15,16)17)18-11(19)10-6-8-4-2-3-5-9(8)7-10/h2-5,10H,6-7H2,1H3,(H,18,19)(H,20,21). The molecule has 114 valence electrons. The second-order valence-corrected chi connectivity index (χ2v) is 5.29. The van der Waals surface area contributed by atoms with Crippen molar-refractivity contribution in [3.8, 4) is 0 Å². The third kappa shape index (κ3) is 2.72. The number of benzene rings is 1. The van der Waals surface area contributed by atoms with Crippen LogP contribution < -0.4 is 5.32 Å². The highest BCUT2D eigenvalue weighted by Gasteiger charge is 2.58. The molecule has 0 radical (unpaired) electrons. The van der Waals surface area contributed by atoms with E-state index < -0.39 is 29.5 Å². The Bertz CT molecular complexity index is 560. The number of amides is 1. The zero-order valence-electron chi connectivity index (χ0n) is 11.2. The van der Waals surface area contributed by atoms with Crippen LogP contribution in [-0.4, -0.2) is 28.7 Å². The Balaban J connectivity index is 2.14. The summed E-state index contributed by atoms with van der Waals surface area (Å²) in [7, 11) is 0. The zero-order chi connectivity index (χ0) is 15.8. The Kier molecular flexibility index (Phi) is 3.69. The predicted molar refractivity (Wildman–Crippen MR) is 67.6 cm³/mol. The van der Waals surface area contributed by atoms with Gasteiger partial charge in [-0.1, -0.05) is 24.3 Å². The van der Waals surface area contributed by atoms with Gasteiger partial charge in [0.25, 0.3) is 0 Å². The maximum atomic E-state index is 12.9. The largest absolute Gasteiger partial charge is 0.479 e. The molecular weight excluding hydrogens is 287 g/mol. The van der Waals surface area contributed by atoms with E-state index in [0.717, 1.165) is 11.1 Å². The second kappa shape index (κ2) is 5.05. The van der Waals surface area contributed by atoms with Crippen molar-refractivity contribution in [2.45, 2.75) is 31.5 Å². The summed E-state index contributed by atoms with van der Waals surface area (Å²) in [6, 6.07) is 7.19. The molecule has 0 saturated carbocycles. The van der Waals surface area contributed by atoms with Crippen molar-refractivity contribution in [1.82, 2.24) is 5.32 Å². The van der Waals surface area contributed by atoms with Gasteiger partial charge in [-0.25, -0.2) is 4.79 Å². The van der Waals surface area contributed by atoms with Gasteiger partial charge in [0, 0.05) is 5.92 Å². The number of carbonyl (C=O) groups excluding carboxylic acids is 1. The molecule has 0 bridgehead atoms. The predicted octanol–water partition coefficient (Wildman–Crippen LogP) is 1.92. The van der Waals surface area contributed by atoms with E-state index in [4.69, 9.17) is 5.11 Å². The van der Waals surface area contributed by atoms with Crippen molar-refractivity contribution < 1.29 is 27.9 Å². The van der Waals surface area contributed by atoms with Gasteiger partial charge in [0.1, 0.15) is 0 Å². The molecule has 1 aliphatic carbocycles. The number of halogens is 3. The fraction of sp³-hybridized carbons (Fsp3) is 0.429. The minimum absolute atomic E-state index is 0.315. The molecule has 0 saturated heterocycles. The summed E-state index contributed by atoms with van der Waals surface area (Å²) in [5.41, 5.74) is -1.47. The minimum atomic E-state index is -5.07. The number of nitrogens with one attached hydrogen (secondary N) is 1. The van der Waals surface area contributed by atoms with Gasteiger partial charge < -0.3 is 10.4 Å².